The van der Waals surface area contributed by atoms with Crippen molar-refractivity contribution in [1.29, 1.82) is 0 Å². The summed E-state index contributed by atoms with van der Waals surface area (Å²) in [6.07, 6.45) is -0.0274. The molecule has 0 fully saturated rings. The molecular weight excluding hydrogens is 406 g/mol. The van der Waals surface area contributed by atoms with Crippen molar-refractivity contribution in [3.63, 3.8) is 0 Å². The minimum absolute atomic E-state index is 0.0970. The van der Waals surface area contributed by atoms with Crippen molar-refractivity contribution in [2.75, 3.05) is 6.61 Å². The van der Waals surface area contributed by atoms with Gasteiger partial charge in [0.15, 0.2) is 0 Å². The summed E-state index contributed by atoms with van der Waals surface area (Å²) >= 11 is 0. The van der Waals surface area contributed by atoms with E-state index in [4.69, 9.17) is 4.74 Å². The molecule has 32 heavy (non-hydrogen) atoms. The predicted molar refractivity (Wildman–Crippen MR) is 121 cm³/mol. The van der Waals surface area contributed by atoms with E-state index in [1.807, 2.05) is 43.3 Å². The number of aliphatic carboxylic acids is 1. The van der Waals surface area contributed by atoms with E-state index in [2.05, 4.69) is 17.4 Å². The number of benzene rings is 3. The highest BCUT2D eigenvalue weighted by Gasteiger charge is 2.30. The van der Waals surface area contributed by atoms with E-state index in [0.29, 0.717) is 6.42 Å². The molecule has 0 bridgehead atoms. The maximum Gasteiger partial charge on any atom is 0.407 e. The molecule has 0 saturated heterocycles. The third kappa shape index (κ3) is 4.30. The lowest BCUT2D eigenvalue weighted by atomic mass is 9.98. The summed E-state index contributed by atoms with van der Waals surface area (Å²) in [5.41, 5.74) is 6.03. The van der Waals surface area contributed by atoms with Crippen LogP contribution in [-0.4, -0.2) is 34.9 Å². The van der Waals surface area contributed by atoms with Crippen LogP contribution in [0, 0.1) is 0 Å². The molecule has 0 saturated carbocycles. The summed E-state index contributed by atoms with van der Waals surface area (Å²) in [4.78, 5) is 24.3. The Labute approximate surface area is 186 Å². The van der Waals surface area contributed by atoms with Gasteiger partial charge in [0, 0.05) is 12.3 Å². The first-order chi connectivity index (χ1) is 15.5. The van der Waals surface area contributed by atoms with Gasteiger partial charge in [0.1, 0.15) is 18.4 Å². The Morgan fingerprint density at radius 2 is 1.59 bits per heavy atom. The zero-order valence-electron chi connectivity index (χ0n) is 17.7. The Hall–Kier alpha value is -3.80. The lowest BCUT2D eigenvalue weighted by Crippen LogP contribution is -2.43. The van der Waals surface area contributed by atoms with Gasteiger partial charge < -0.3 is 20.3 Å². The van der Waals surface area contributed by atoms with Crippen LogP contribution in [0.3, 0.4) is 0 Å². The molecule has 3 N–H and O–H groups in total. The van der Waals surface area contributed by atoms with Crippen LogP contribution in [0.15, 0.2) is 66.7 Å². The number of fused-ring (bicyclic) bond motifs is 3. The number of carboxylic acids is 1. The van der Waals surface area contributed by atoms with Crippen molar-refractivity contribution in [1.82, 2.24) is 5.32 Å². The number of phenolic OH excluding ortho intramolecular Hbond substituents is 1. The van der Waals surface area contributed by atoms with Gasteiger partial charge in [-0.15, -0.1) is 0 Å². The zero-order valence-corrected chi connectivity index (χ0v) is 17.7. The van der Waals surface area contributed by atoms with Gasteiger partial charge >= 0.3 is 12.1 Å². The molecule has 0 aromatic heterocycles. The van der Waals surface area contributed by atoms with Crippen LogP contribution in [0.25, 0.3) is 11.1 Å². The number of carbonyl (C=O) groups is 2. The highest BCUT2D eigenvalue weighted by Crippen LogP contribution is 2.44. The van der Waals surface area contributed by atoms with Crippen LogP contribution in [0.5, 0.6) is 5.75 Å². The highest BCUT2D eigenvalue weighted by molar-refractivity contribution is 5.81. The predicted octanol–water partition coefficient (Wildman–Crippen LogP) is 4.49. The van der Waals surface area contributed by atoms with Crippen LogP contribution in [0.1, 0.15) is 35.1 Å². The summed E-state index contributed by atoms with van der Waals surface area (Å²) < 4.78 is 5.48. The van der Waals surface area contributed by atoms with Gasteiger partial charge in [0.2, 0.25) is 0 Å². The summed E-state index contributed by atoms with van der Waals surface area (Å²) in [7, 11) is 0. The smallest absolute Gasteiger partial charge is 0.407 e. The van der Waals surface area contributed by atoms with Crippen LogP contribution in [-0.2, 0) is 22.4 Å². The van der Waals surface area contributed by atoms with E-state index in [1.54, 1.807) is 12.1 Å². The Balaban J connectivity index is 1.44. The molecule has 0 heterocycles. The van der Waals surface area contributed by atoms with Gasteiger partial charge in [-0.1, -0.05) is 61.5 Å². The average Bonchev–Trinajstić information content (AvgIpc) is 3.12. The molecule has 0 unspecified atom stereocenters. The van der Waals surface area contributed by atoms with E-state index in [1.165, 1.54) is 6.07 Å². The standard InChI is InChI=1S/C26H25NO5/c1-2-16-13-18(28)12-11-17(16)14-24(25(29)30)27-26(31)32-15-23-21-9-5-3-7-19(21)20-8-4-6-10-22(20)23/h3-13,23-24,28H,2,14-15H2,1H3,(H,27,31)(H,29,30)/t24-/m1/s1. The third-order valence-electron chi connectivity index (χ3n) is 5.93. The lowest BCUT2D eigenvalue weighted by Gasteiger charge is -2.18. The van der Waals surface area contributed by atoms with Crippen LogP contribution >= 0.6 is 0 Å². The molecule has 4 rings (SSSR count). The van der Waals surface area contributed by atoms with Gasteiger partial charge in [-0.25, -0.2) is 9.59 Å². The van der Waals surface area contributed by atoms with Gasteiger partial charge in [-0.2, -0.15) is 0 Å². The Kier molecular flexibility index (Phi) is 6.12. The molecule has 1 atom stereocenters. The summed E-state index contributed by atoms with van der Waals surface area (Å²) in [6, 6.07) is 19.7. The first kappa shape index (κ1) is 21.4. The summed E-state index contributed by atoms with van der Waals surface area (Å²) in [5.74, 6) is -1.11. The van der Waals surface area contributed by atoms with E-state index in [0.717, 1.165) is 33.4 Å². The minimum Gasteiger partial charge on any atom is -0.508 e. The van der Waals surface area contributed by atoms with E-state index in [9.17, 15) is 19.8 Å². The molecule has 0 spiro atoms. The van der Waals surface area contributed by atoms with Crippen molar-refractivity contribution in [2.24, 2.45) is 0 Å². The van der Waals surface area contributed by atoms with Crippen molar-refractivity contribution < 1.29 is 24.5 Å². The highest BCUT2D eigenvalue weighted by atomic mass is 16.5. The summed E-state index contributed by atoms with van der Waals surface area (Å²) in [5, 5.41) is 21.8. The number of hydrogen-bond donors (Lipinski definition) is 3. The van der Waals surface area contributed by atoms with Crippen molar-refractivity contribution in [3.8, 4) is 16.9 Å². The van der Waals surface area contributed by atoms with Gasteiger partial charge in [-0.3, -0.25) is 0 Å². The molecule has 1 aliphatic rings. The molecule has 1 aliphatic carbocycles. The Bertz CT molecular complexity index is 1110. The molecule has 1 amide bonds. The second-order valence-electron chi connectivity index (χ2n) is 7.87. The van der Waals surface area contributed by atoms with Gasteiger partial charge in [-0.05, 0) is 51.9 Å². The SMILES string of the molecule is CCc1cc(O)ccc1C[C@@H](NC(=O)OCC1c2ccccc2-c2ccccc21)C(=O)O. The maximum atomic E-state index is 12.5. The number of alkyl carbamates (subject to hydrolysis) is 1. The second-order valence-corrected chi connectivity index (χ2v) is 7.87. The van der Waals surface area contributed by atoms with E-state index < -0.39 is 18.1 Å². The summed E-state index contributed by atoms with van der Waals surface area (Å²) in [6.45, 7) is 2.04. The van der Waals surface area contributed by atoms with Crippen LogP contribution in [0.2, 0.25) is 0 Å². The molecule has 3 aromatic rings. The Morgan fingerprint density at radius 1 is 0.969 bits per heavy atom. The van der Waals surface area contributed by atoms with Gasteiger partial charge in [0.05, 0.1) is 0 Å². The second kappa shape index (κ2) is 9.14. The third-order valence-corrected chi connectivity index (χ3v) is 5.93. The topological polar surface area (TPSA) is 95.9 Å². The number of phenols is 1. The number of aromatic hydroxyl groups is 1. The van der Waals surface area contributed by atoms with Crippen LogP contribution < -0.4 is 5.32 Å². The molecule has 6 heteroatoms. The monoisotopic (exact) mass is 431 g/mol. The van der Waals surface area contributed by atoms with Crippen molar-refractivity contribution >= 4 is 12.1 Å². The van der Waals surface area contributed by atoms with Crippen molar-refractivity contribution in [2.45, 2.75) is 31.7 Å². The first-order valence-electron chi connectivity index (χ1n) is 10.6. The van der Waals surface area contributed by atoms with Gasteiger partial charge in [0.25, 0.3) is 0 Å². The molecule has 6 nitrogen and oxygen atoms in total. The fraction of sp³-hybridized carbons (Fsp3) is 0.231. The fourth-order valence-electron chi connectivity index (χ4n) is 4.34. The number of rotatable bonds is 7. The van der Waals surface area contributed by atoms with E-state index in [-0.39, 0.29) is 24.7 Å². The lowest BCUT2D eigenvalue weighted by molar-refractivity contribution is -0.139. The number of ether oxygens (including phenoxy) is 1. The molecule has 0 radical (unpaired) electrons. The quantitative estimate of drug-likeness (QED) is 0.512. The fourth-order valence-corrected chi connectivity index (χ4v) is 4.34. The average molecular weight is 431 g/mol. The molecule has 164 valence electrons. The number of carbonyl (C=O) groups excluding carboxylic acids is 1. The number of hydrogen-bond acceptors (Lipinski definition) is 4. The zero-order chi connectivity index (χ0) is 22.7. The number of amides is 1. The molecule has 3 aromatic carbocycles. The number of carboxylic acid groups (broad SMARTS) is 1. The minimum atomic E-state index is -1.14. The Morgan fingerprint density at radius 3 is 2.19 bits per heavy atom. The molecule has 0 aliphatic heterocycles. The van der Waals surface area contributed by atoms with Crippen molar-refractivity contribution in [3.05, 3.63) is 89.0 Å². The van der Waals surface area contributed by atoms with E-state index >= 15 is 0 Å². The number of aryl methyl sites for hydroxylation is 1. The number of nitrogens with one attached hydrogen (secondary N) is 1. The largest absolute Gasteiger partial charge is 0.508 e. The van der Waals surface area contributed by atoms with Crippen LogP contribution in [0.4, 0.5) is 4.79 Å². The normalized spacial score (nSPS) is 13.2. The molecular formula is C26H25NO5. The first-order valence-corrected chi connectivity index (χ1v) is 10.6. The maximum absolute atomic E-state index is 12.5.